The number of aryl methyl sites for hydroxylation is 2. The summed E-state index contributed by atoms with van der Waals surface area (Å²) in [5.41, 5.74) is 3.51. The van der Waals surface area contributed by atoms with E-state index in [1.54, 1.807) is 0 Å². The number of rotatable bonds is 6. The summed E-state index contributed by atoms with van der Waals surface area (Å²) in [4.78, 5) is 1.24. The van der Waals surface area contributed by atoms with E-state index in [1.807, 2.05) is 23.9 Å². The third-order valence-electron chi connectivity index (χ3n) is 3.59. The third-order valence-corrected chi connectivity index (χ3v) is 5.43. The average Bonchev–Trinajstić information content (AvgIpc) is 2.55. The van der Waals surface area contributed by atoms with Crippen molar-refractivity contribution in [2.45, 2.75) is 25.7 Å². The van der Waals surface area contributed by atoms with Gasteiger partial charge in [-0.2, -0.15) is 0 Å². The van der Waals surface area contributed by atoms with Crippen LogP contribution >= 0.6 is 35.6 Å². The summed E-state index contributed by atoms with van der Waals surface area (Å²) >= 11 is 13.1. The predicted molar refractivity (Wildman–Crippen MR) is 111 cm³/mol. The highest BCUT2D eigenvalue weighted by Crippen LogP contribution is 2.22. The SMILES string of the molecule is Cc1ccc(NC(=S)NC[C@H](C)CSc2ccc(Cl)cc2)c(C)c1. The van der Waals surface area contributed by atoms with E-state index in [0.29, 0.717) is 11.0 Å². The van der Waals surface area contributed by atoms with Crippen molar-refractivity contribution in [3.05, 3.63) is 58.6 Å². The van der Waals surface area contributed by atoms with Crippen LogP contribution in [0.3, 0.4) is 0 Å². The maximum absolute atomic E-state index is 5.90. The molecule has 2 nitrogen and oxygen atoms in total. The summed E-state index contributed by atoms with van der Waals surface area (Å²) in [5.74, 6) is 1.53. The van der Waals surface area contributed by atoms with Crippen molar-refractivity contribution in [2.75, 3.05) is 17.6 Å². The topological polar surface area (TPSA) is 24.1 Å². The van der Waals surface area contributed by atoms with Gasteiger partial charge in [0.1, 0.15) is 0 Å². The zero-order valence-electron chi connectivity index (χ0n) is 14.2. The van der Waals surface area contributed by atoms with Crippen LogP contribution in [0, 0.1) is 19.8 Å². The maximum Gasteiger partial charge on any atom is 0.170 e. The lowest BCUT2D eigenvalue weighted by Crippen LogP contribution is -2.32. The van der Waals surface area contributed by atoms with E-state index in [4.69, 9.17) is 23.8 Å². The van der Waals surface area contributed by atoms with Gasteiger partial charge >= 0.3 is 0 Å². The van der Waals surface area contributed by atoms with Crippen LogP contribution in [-0.4, -0.2) is 17.4 Å². The predicted octanol–water partition coefficient (Wildman–Crippen LogP) is 5.67. The summed E-state index contributed by atoms with van der Waals surface area (Å²) in [6.07, 6.45) is 0. The molecular formula is C19H23ClN2S2. The molecule has 0 radical (unpaired) electrons. The van der Waals surface area contributed by atoms with Gasteiger partial charge in [0, 0.05) is 27.9 Å². The van der Waals surface area contributed by atoms with Gasteiger partial charge in [-0.3, -0.25) is 0 Å². The monoisotopic (exact) mass is 378 g/mol. The number of halogens is 1. The van der Waals surface area contributed by atoms with Crippen molar-refractivity contribution < 1.29 is 0 Å². The van der Waals surface area contributed by atoms with E-state index in [9.17, 15) is 0 Å². The molecule has 1 atom stereocenters. The quantitative estimate of drug-likeness (QED) is 0.499. The lowest BCUT2D eigenvalue weighted by atomic mass is 10.1. The summed E-state index contributed by atoms with van der Waals surface area (Å²) in [5, 5.41) is 8.02. The summed E-state index contributed by atoms with van der Waals surface area (Å²) in [6, 6.07) is 14.3. The molecule has 128 valence electrons. The molecule has 0 bridgehead atoms. The third kappa shape index (κ3) is 6.34. The molecular weight excluding hydrogens is 356 g/mol. The van der Waals surface area contributed by atoms with Crippen LogP contribution in [0.1, 0.15) is 18.1 Å². The second kappa shape index (κ2) is 9.30. The Kier molecular flexibility index (Phi) is 7.40. The first-order valence-electron chi connectivity index (χ1n) is 7.94. The number of hydrogen-bond acceptors (Lipinski definition) is 2. The molecule has 0 saturated heterocycles. The first kappa shape index (κ1) is 19.1. The Bertz CT molecular complexity index is 686. The first-order valence-corrected chi connectivity index (χ1v) is 9.71. The van der Waals surface area contributed by atoms with Crippen LogP contribution < -0.4 is 10.6 Å². The fraction of sp³-hybridized carbons (Fsp3) is 0.316. The van der Waals surface area contributed by atoms with Crippen molar-refractivity contribution in [3.8, 4) is 0 Å². The molecule has 0 spiro atoms. The van der Waals surface area contributed by atoms with Crippen LogP contribution in [-0.2, 0) is 0 Å². The molecule has 0 aromatic heterocycles. The summed E-state index contributed by atoms with van der Waals surface area (Å²) in [7, 11) is 0. The van der Waals surface area contributed by atoms with Crippen molar-refractivity contribution in [1.82, 2.24) is 5.32 Å². The number of nitrogens with one attached hydrogen (secondary N) is 2. The van der Waals surface area contributed by atoms with Gasteiger partial charge in [-0.25, -0.2) is 0 Å². The van der Waals surface area contributed by atoms with E-state index in [2.05, 4.69) is 61.7 Å². The van der Waals surface area contributed by atoms with Crippen molar-refractivity contribution >= 4 is 46.4 Å². The Morgan fingerprint density at radius 1 is 1.17 bits per heavy atom. The Morgan fingerprint density at radius 2 is 1.88 bits per heavy atom. The van der Waals surface area contributed by atoms with Gasteiger partial charge in [-0.05, 0) is 67.9 Å². The molecule has 0 aliphatic rings. The normalized spacial score (nSPS) is 11.8. The van der Waals surface area contributed by atoms with E-state index >= 15 is 0 Å². The average molecular weight is 379 g/mol. The molecule has 0 amide bonds. The number of thioether (sulfide) groups is 1. The molecule has 0 unspecified atom stereocenters. The second-order valence-electron chi connectivity index (χ2n) is 6.02. The molecule has 2 aromatic carbocycles. The zero-order valence-corrected chi connectivity index (χ0v) is 16.6. The molecule has 0 aliphatic carbocycles. The Balaban J connectivity index is 1.73. The van der Waals surface area contributed by atoms with E-state index < -0.39 is 0 Å². The molecule has 0 saturated carbocycles. The highest BCUT2D eigenvalue weighted by molar-refractivity contribution is 7.99. The maximum atomic E-state index is 5.90. The minimum atomic E-state index is 0.504. The fourth-order valence-electron chi connectivity index (χ4n) is 2.22. The molecule has 24 heavy (non-hydrogen) atoms. The van der Waals surface area contributed by atoms with Crippen molar-refractivity contribution in [3.63, 3.8) is 0 Å². The lowest BCUT2D eigenvalue weighted by molar-refractivity contribution is 0.637. The Labute approximate surface area is 159 Å². The number of hydrogen-bond donors (Lipinski definition) is 2. The highest BCUT2D eigenvalue weighted by atomic mass is 35.5. The highest BCUT2D eigenvalue weighted by Gasteiger charge is 2.06. The smallest absolute Gasteiger partial charge is 0.170 e. The molecule has 2 aromatic rings. The van der Waals surface area contributed by atoms with Gasteiger partial charge in [0.15, 0.2) is 5.11 Å². The van der Waals surface area contributed by atoms with Gasteiger partial charge in [0.05, 0.1) is 0 Å². The molecule has 2 N–H and O–H groups in total. The van der Waals surface area contributed by atoms with Gasteiger partial charge in [-0.1, -0.05) is 36.2 Å². The lowest BCUT2D eigenvalue weighted by Gasteiger charge is -2.16. The van der Waals surface area contributed by atoms with E-state index in [1.165, 1.54) is 16.0 Å². The molecule has 0 fully saturated rings. The summed E-state index contributed by atoms with van der Waals surface area (Å²) in [6.45, 7) is 7.24. The second-order valence-corrected chi connectivity index (χ2v) is 7.96. The van der Waals surface area contributed by atoms with Crippen molar-refractivity contribution in [2.24, 2.45) is 5.92 Å². The zero-order chi connectivity index (χ0) is 17.5. The minimum Gasteiger partial charge on any atom is -0.362 e. The molecule has 2 rings (SSSR count). The fourth-order valence-corrected chi connectivity index (χ4v) is 3.46. The van der Waals surface area contributed by atoms with Gasteiger partial charge < -0.3 is 10.6 Å². The largest absolute Gasteiger partial charge is 0.362 e. The van der Waals surface area contributed by atoms with Gasteiger partial charge in [0.25, 0.3) is 0 Å². The standard InChI is InChI=1S/C19H23ClN2S2/c1-13-4-9-18(15(3)10-13)22-19(23)21-11-14(2)12-24-17-7-5-16(20)6-8-17/h4-10,14H,11-12H2,1-3H3,(H2,21,22,23)/t14-/m0/s1. The van der Waals surface area contributed by atoms with Crippen molar-refractivity contribution in [1.29, 1.82) is 0 Å². The van der Waals surface area contributed by atoms with Gasteiger partial charge in [-0.15, -0.1) is 11.8 Å². The Hall–Kier alpha value is -1.23. The number of thiocarbonyl (C=S) groups is 1. The molecule has 0 heterocycles. The van der Waals surface area contributed by atoms with Gasteiger partial charge in [0.2, 0.25) is 0 Å². The number of benzene rings is 2. The summed E-state index contributed by atoms with van der Waals surface area (Å²) < 4.78 is 0. The van der Waals surface area contributed by atoms with Crippen LogP contribution in [0.5, 0.6) is 0 Å². The minimum absolute atomic E-state index is 0.504. The molecule has 0 aliphatic heterocycles. The van der Waals surface area contributed by atoms with Crippen LogP contribution in [0.25, 0.3) is 0 Å². The molecule has 5 heteroatoms. The van der Waals surface area contributed by atoms with Crippen LogP contribution in [0.15, 0.2) is 47.4 Å². The van der Waals surface area contributed by atoms with E-state index in [-0.39, 0.29) is 0 Å². The van der Waals surface area contributed by atoms with Crippen LogP contribution in [0.4, 0.5) is 5.69 Å². The first-order chi connectivity index (χ1) is 11.4. The number of anilines is 1. The Morgan fingerprint density at radius 3 is 2.54 bits per heavy atom. The van der Waals surface area contributed by atoms with E-state index in [0.717, 1.165) is 23.0 Å². The van der Waals surface area contributed by atoms with Crippen LogP contribution in [0.2, 0.25) is 5.02 Å².